The van der Waals surface area contributed by atoms with Gasteiger partial charge in [-0.1, -0.05) is 13.8 Å². The molecule has 0 aliphatic rings. The van der Waals surface area contributed by atoms with Gasteiger partial charge in [-0.25, -0.2) is 15.0 Å². The summed E-state index contributed by atoms with van der Waals surface area (Å²) in [6, 6.07) is 0. The fourth-order valence-corrected chi connectivity index (χ4v) is 2.59. The molecule has 0 aliphatic carbocycles. The molecule has 8 heteroatoms. The summed E-state index contributed by atoms with van der Waals surface area (Å²) in [5.41, 5.74) is 7.44. The molecule has 0 bridgehead atoms. The molecule has 0 saturated heterocycles. The van der Waals surface area contributed by atoms with Gasteiger partial charge in [-0.3, -0.25) is 0 Å². The maximum Gasteiger partial charge on any atom is 0.184 e. The van der Waals surface area contributed by atoms with E-state index in [-0.39, 0.29) is 0 Å². The monoisotopic (exact) mass is 275 g/mol. The summed E-state index contributed by atoms with van der Waals surface area (Å²) in [4.78, 5) is 16.3. The fraction of sp³-hybridized carbons (Fsp3) is 0.273. The molecule has 0 fully saturated rings. The van der Waals surface area contributed by atoms with Crippen molar-refractivity contribution in [3.8, 4) is 5.82 Å². The van der Waals surface area contributed by atoms with Crippen LogP contribution in [0, 0.1) is 0 Å². The maximum atomic E-state index is 6.13. The number of anilines is 1. The quantitative estimate of drug-likeness (QED) is 0.705. The predicted molar refractivity (Wildman–Crippen MR) is 74.2 cm³/mol. The van der Waals surface area contributed by atoms with Gasteiger partial charge in [-0.05, 0) is 0 Å². The molecule has 0 spiro atoms. The number of fused-ring (bicyclic) bond motifs is 1. The smallest absolute Gasteiger partial charge is 0.184 e. The molecule has 0 aromatic carbocycles. The third kappa shape index (κ3) is 2.03. The van der Waals surface area contributed by atoms with Crippen molar-refractivity contribution in [1.82, 2.24) is 29.7 Å². The number of H-pyrrole nitrogens is 1. The summed E-state index contributed by atoms with van der Waals surface area (Å²) in [6.07, 6.45) is 4.78. The predicted octanol–water partition coefficient (Wildman–Crippen LogP) is 1.62. The highest BCUT2D eigenvalue weighted by atomic mass is 32.2. The maximum absolute atomic E-state index is 6.13. The molecule has 3 N–H and O–H groups in total. The van der Waals surface area contributed by atoms with Crippen LogP contribution in [-0.4, -0.2) is 35.0 Å². The molecule has 3 aromatic rings. The average Bonchev–Trinajstić information content (AvgIpc) is 2.97. The number of nitrogen functional groups attached to an aromatic ring is 1. The van der Waals surface area contributed by atoms with Crippen LogP contribution in [0.5, 0.6) is 0 Å². The van der Waals surface area contributed by atoms with Crippen molar-refractivity contribution in [2.45, 2.75) is 24.0 Å². The summed E-state index contributed by atoms with van der Waals surface area (Å²) in [5.74, 6) is 1.18. The number of nitrogens with one attached hydrogen (secondary N) is 1. The van der Waals surface area contributed by atoms with E-state index in [2.05, 4.69) is 38.9 Å². The molecule has 0 aliphatic heterocycles. The first-order valence-corrected chi connectivity index (χ1v) is 6.69. The number of hydrogen-bond donors (Lipinski definition) is 2. The number of nitrogens with zero attached hydrogens (tertiary/aromatic N) is 5. The SMILES string of the molecule is CC(C)Sc1cnn(-c2ncnc3nc[nH]c23)c1N. The molecule has 0 atom stereocenters. The Labute approximate surface area is 113 Å². The fourth-order valence-electron chi connectivity index (χ4n) is 1.77. The lowest BCUT2D eigenvalue weighted by molar-refractivity contribution is 0.858. The van der Waals surface area contributed by atoms with Crippen LogP contribution in [0.2, 0.25) is 0 Å². The van der Waals surface area contributed by atoms with Crippen LogP contribution in [0.4, 0.5) is 5.82 Å². The lowest BCUT2D eigenvalue weighted by Crippen LogP contribution is -2.05. The van der Waals surface area contributed by atoms with Crippen molar-refractivity contribution in [2.75, 3.05) is 5.73 Å². The van der Waals surface area contributed by atoms with Crippen molar-refractivity contribution in [3.63, 3.8) is 0 Å². The molecule has 0 radical (unpaired) electrons. The van der Waals surface area contributed by atoms with Crippen molar-refractivity contribution in [3.05, 3.63) is 18.9 Å². The van der Waals surface area contributed by atoms with Crippen LogP contribution in [0.15, 0.2) is 23.7 Å². The summed E-state index contributed by atoms with van der Waals surface area (Å²) in [7, 11) is 0. The van der Waals surface area contributed by atoms with Gasteiger partial charge in [0.15, 0.2) is 11.5 Å². The van der Waals surface area contributed by atoms with E-state index in [1.54, 1.807) is 29.0 Å². The number of rotatable bonds is 3. The summed E-state index contributed by atoms with van der Waals surface area (Å²) in [5, 5.41) is 4.74. The Hall–Kier alpha value is -2.09. The first-order chi connectivity index (χ1) is 9.16. The minimum absolute atomic E-state index is 0.442. The second-order valence-electron chi connectivity index (χ2n) is 4.27. The second-order valence-corrected chi connectivity index (χ2v) is 5.89. The second kappa shape index (κ2) is 4.54. The van der Waals surface area contributed by atoms with Crippen LogP contribution in [0.25, 0.3) is 17.0 Å². The largest absolute Gasteiger partial charge is 0.383 e. The molecule has 0 unspecified atom stereocenters. The van der Waals surface area contributed by atoms with E-state index in [9.17, 15) is 0 Å². The molecule has 0 saturated carbocycles. The first-order valence-electron chi connectivity index (χ1n) is 5.81. The topological polar surface area (TPSA) is 98.3 Å². The number of aromatic nitrogens is 6. The molecule has 3 heterocycles. The summed E-state index contributed by atoms with van der Waals surface area (Å²) < 4.78 is 1.60. The zero-order valence-electron chi connectivity index (χ0n) is 10.5. The van der Waals surface area contributed by atoms with Crippen molar-refractivity contribution in [1.29, 1.82) is 0 Å². The third-order valence-corrected chi connectivity index (χ3v) is 3.58. The van der Waals surface area contributed by atoms with Gasteiger partial charge in [0, 0.05) is 5.25 Å². The number of thioether (sulfide) groups is 1. The van der Waals surface area contributed by atoms with Crippen LogP contribution in [-0.2, 0) is 0 Å². The number of imidazole rings is 1. The van der Waals surface area contributed by atoms with E-state index in [4.69, 9.17) is 5.73 Å². The van der Waals surface area contributed by atoms with Crippen molar-refractivity contribution < 1.29 is 0 Å². The summed E-state index contributed by atoms with van der Waals surface area (Å²) in [6.45, 7) is 4.22. The Balaban J connectivity index is 2.12. The number of nitrogens with two attached hydrogens (primary N) is 1. The van der Waals surface area contributed by atoms with Gasteiger partial charge in [-0.15, -0.1) is 11.8 Å². The van der Waals surface area contributed by atoms with Gasteiger partial charge in [0.1, 0.15) is 17.7 Å². The Bertz CT molecular complexity index is 715. The molecule has 3 rings (SSSR count). The molecule has 3 aromatic heterocycles. The van der Waals surface area contributed by atoms with Crippen LogP contribution < -0.4 is 5.73 Å². The van der Waals surface area contributed by atoms with Gasteiger partial charge in [0.05, 0.1) is 17.4 Å². The Morgan fingerprint density at radius 3 is 2.95 bits per heavy atom. The minimum atomic E-state index is 0.442. The lowest BCUT2D eigenvalue weighted by atomic mass is 10.5. The Kier molecular flexibility index (Phi) is 2.86. The van der Waals surface area contributed by atoms with Crippen LogP contribution in [0.3, 0.4) is 0 Å². The normalized spacial score (nSPS) is 11.5. The molecule has 7 nitrogen and oxygen atoms in total. The van der Waals surface area contributed by atoms with Crippen LogP contribution in [0.1, 0.15) is 13.8 Å². The number of aromatic amines is 1. The van der Waals surface area contributed by atoms with E-state index in [0.29, 0.717) is 22.5 Å². The molecular weight excluding hydrogens is 262 g/mol. The van der Waals surface area contributed by atoms with Gasteiger partial charge in [0.25, 0.3) is 0 Å². The van der Waals surface area contributed by atoms with Crippen LogP contribution >= 0.6 is 11.8 Å². The Morgan fingerprint density at radius 1 is 1.32 bits per heavy atom. The van der Waals surface area contributed by atoms with E-state index in [0.717, 1.165) is 10.4 Å². The van der Waals surface area contributed by atoms with Gasteiger partial charge in [-0.2, -0.15) is 9.78 Å². The lowest BCUT2D eigenvalue weighted by Gasteiger charge is -2.06. The highest BCUT2D eigenvalue weighted by Crippen LogP contribution is 2.30. The van der Waals surface area contributed by atoms with E-state index >= 15 is 0 Å². The molecule has 0 amide bonds. The molecular formula is C11H13N7S. The van der Waals surface area contributed by atoms with E-state index in [1.807, 2.05) is 0 Å². The highest BCUT2D eigenvalue weighted by Gasteiger charge is 2.15. The van der Waals surface area contributed by atoms with E-state index < -0.39 is 0 Å². The first kappa shape index (κ1) is 12.0. The average molecular weight is 275 g/mol. The molecule has 98 valence electrons. The molecule has 19 heavy (non-hydrogen) atoms. The standard InChI is InChI=1S/C11H13N7S/c1-6(2)19-7-3-17-18(9(7)12)11-8-10(14-4-13-8)15-5-16-11/h3-6H,12H2,1-2H3,(H,13,14,15,16). The van der Waals surface area contributed by atoms with Gasteiger partial charge < -0.3 is 10.7 Å². The van der Waals surface area contributed by atoms with Gasteiger partial charge >= 0.3 is 0 Å². The third-order valence-electron chi connectivity index (χ3n) is 2.54. The number of hydrogen-bond acceptors (Lipinski definition) is 6. The van der Waals surface area contributed by atoms with Crippen molar-refractivity contribution in [2.24, 2.45) is 0 Å². The highest BCUT2D eigenvalue weighted by molar-refractivity contribution is 8.00. The Morgan fingerprint density at radius 2 is 2.16 bits per heavy atom. The van der Waals surface area contributed by atoms with E-state index in [1.165, 1.54) is 6.33 Å². The van der Waals surface area contributed by atoms with Gasteiger partial charge in [0.2, 0.25) is 0 Å². The van der Waals surface area contributed by atoms with Crippen molar-refractivity contribution >= 4 is 28.7 Å². The summed E-state index contributed by atoms with van der Waals surface area (Å²) >= 11 is 1.67. The zero-order valence-corrected chi connectivity index (χ0v) is 11.3. The minimum Gasteiger partial charge on any atom is -0.383 e. The zero-order chi connectivity index (χ0) is 13.4.